The fourth-order valence-corrected chi connectivity index (χ4v) is 2.66. The second-order valence-electron chi connectivity index (χ2n) is 6.54. The molecule has 0 radical (unpaired) electrons. The predicted molar refractivity (Wildman–Crippen MR) is 84.3 cm³/mol. The Morgan fingerprint density at radius 2 is 1.85 bits per heavy atom. The maximum absolute atomic E-state index is 11.6. The van der Waals surface area contributed by atoms with E-state index < -0.39 is 0 Å². The Labute approximate surface area is 122 Å². The van der Waals surface area contributed by atoms with Crippen LogP contribution in [-0.4, -0.2) is 43.4 Å². The average molecular weight is 274 g/mol. The highest BCUT2D eigenvalue weighted by Gasteiger charge is 2.28. The topological polar surface area (TPSA) is 23.6 Å². The van der Waals surface area contributed by atoms with Crippen LogP contribution in [0.4, 0.5) is 5.69 Å². The molecular weight excluding hydrogens is 248 g/mol. The van der Waals surface area contributed by atoms with Crippen molar-refractivity contribution in [2.75, 3.05) is 37.6 Å². The predicted octanol–water partition coefficient (Wildman–Crippen LogP) is 2.73. The lowest BCUT2D eigenvalue weighted by Crippen LogP contribution is -2.50. The number of benzene rings is 1. The molecule has 1 aromatic rings. The van der Waals surface area contributed by atoms with Crippen LogP contribution in [0.3, 0.4) is 0 Å². The van der Waals surface area contributed by atoms with Gasteiger partial charge in [-0.3, -0.25) is 9.69 Å². The summed E-state index contributed by atoms with van der Waals surface area (Å²) in [7, 11) is 0. The summed E-state index contributed by atoms with van der Waals surface area (Å²) in [5, 5.41) is 0. The van der Waals surface area contributed by atoms with Gasteiger partial charge in [0.2, 0.25) is 0 Å². The molecule has 2 rings (SSSR count). The van der Waals surface area contributed by atoms with Crippen LogP contribution in [0.5, 0.6) is 0 Å². The summed E-state index contributed by atoms with van der Waals surface area (Å²) in [5.41, 5.74) is 2.39. The first-order chi connectivity index (χ1) is 9.38. The second-order valence-corrected chi connectivity index (χ2v) is 6.54. The van der Waals surface area contributed by atoms with E-state index in [-0.39, 0.29) is 11.2 Å². The van der Waals surface area contributed by atoms with E-state index in [1.165, 1.54) is 11.3 Å². The van der Waals surface area contributed by atoms with Crippen LogP contribution in [0, 0.1) is 12.3 Å². The zero-order valence-corrected chi connectivity index (χ0v) is 13.1. The van der Waals surface area contributed by atoms with Crippen LogP contribution < -0.4 is 4.90 Å². The largest absolute Gasteiger partial charge is 0.369 e. The number of carbonyl (C=O) groups is 1. The first kappa shape index (κ1) is 15.0. The summed E-state index contributed by atoms with van der Waals surface area (Å²) in [5.74, 6) is 0.276. The van der Waals surface area contributed by atoms with E-state index in [2.05, 4.69) is 41.0 Å². The van der Waals surface area contributed by atoms with Crippen molar-refractivity contribution in [2.24, 2.45) is 5.41 Å². The SMILES string of the molecule is CC(=O)C(C)(C)CN1CCN(c2cccc(C)c2)CC1. The smallest absolute Gasteiger partial charge is 0.136 e. The van der Waals surface area contributed by atoms with Crippen molar-refractivity contribution in [3.63, 3.8) is 0 Å². The Bertz CT molecular complexity index is 474. The standard InChI is InChI=1S/C17H26N2O/c1-14-6-5-7-16(12-14)19-10-8-18(9-11-19)13-17(3,4)15(2)20/h5-7,12H,8-11,13H2,1-4H3. The number of piperazine rings is 1. The van der Waals surface area contributed by atoms with Crippen LogP contribution in [-0.2, 0) is 4.79 Å². The fraction of sp³-hybridized carbons (Fsp3) is 0.588. The molecule has 1 heterocycles. The van der Waals surface area contributed by atoms with E-state index in [1.54, 1.807) is 6.92 Å². The zero-order chi connectivity index (χ0) is 14.8. The third-order valence-corrected chi connectivity index (χ3v) is 4.31. The Balaban J connectivity index is 1.91. The third kappa shape index (κ3) is 3.60. The Morgan fingerprint density at radius 1 is 1.20 bits per heavy atom. The summed E-state index contributed by atoms with van der Waals surface area (Å²) in [6.45, 7) is 12.9. The van der Waals surface area contributed by atoms with E-state index in [9.17, 15) is 4.79 Å². The molecular formula is C17H26N2O. The quantitative estimate of drug-likeness (QED) is 0.843. The minimum atomic E-state index is -0.231. The van der Waals surface area contributed by atoms with Crippen LogP contribution in [0.2, 0.25) is 0 Å². The molecule has 20 heavy (non-hydrogen) atoms. The molecule has 0 saturated carbocycles. The molecule has 0 unspecified atom stereocenters. The Morgan fingerprint density at radius 3 is 2.40 bits per heavy atom. The molecule has 3 heteroatoms. The maximum atomic E-state index is 11.6. The molecule has 3 nitrogen and oxygen atoms in total. The van der Waals surface area contributed by atoms with Gasteiger partial charge in [-0.15, -0.1) is 0 Å². The van der Waals surface area contributed by atoms with Crippen molar-refractivity contribution < 1.29 is 4.79 Å². The average Bonchev–Trinajstić information content (AvgIpc) is 2.39. The summed E-state index contributed by atoms with van der Waals surface area (Å²) in [6.07, 6.45) is 0. The number of Topliss-reactive ketones (excluding diaryl/α,β-unsaturated/α-hetero) is 1. The second kappa shape index (κ2) is 5.96. The molecule has 0 spiro atoms. The van der Waals surface area contributed by atoms with Crippen LogP contribution in [0.25, 0.3) is 0 Å². The van der Waals surface area contributed by atoms with Gasteiger partial charge < -0.3 is 4.90 Å². The van der Waals surface area contributed by atoms with Gasteiger partial charge in [0, 0.05) is 43.8 Å². The van der Waals surface area contributed by atoms with Gasteiger partial charge in [0.25, 0.3) is 0 Å². The summed E-state index contributed by atoms with van der Waals surface area (Å²) < 4.78 is 0. The monoisotopic (exact) mass is 274 g/mol. The van der Waals surface area contributed by atoms with Gasteiger partial charge in [0.05, 0.1) is 0 Å². The number of anilines is 1. The molecule has 0 amide bonds. The van der Waals surface area contributed by atoms with Crippen molar-refractivity contribution in [3.8, 4) is 0 Å². The highest BCUT2D eigenvalue weighted by atomic mass is 16.1. The Kier molecular flexibility index (Phi) is 4.48. The Hall–Kier alpha value is -1.35. The van der Waals surface area contributed by atoms with Crippen molar-refractivity contribution in [1.82, 2.24) is 4.90 Å². The molecule has 0 bridgehead atoms. The number of carbonyl (C=O) groups excluding carboxylic acids is 1. The van der Waals surface area contributed by atoms with E-state index in [0.29, 0.717) is 0 Å². The number of hydrogen-bond acceptors (Lipinski definition) is 3. The molecule has 1 fully saturated rings. The number of ketones is 1. The summed E-state index contributed by atoms with van der Waals surface area (Å²) in [6, 6.07) is 8.68. The maximum Gasteiger partial charge on any atom is 0.136 e. The van der Waals surface area contributed by atoms with E-state index in [1.807, 2.05) is 13.8 Å². The van der Waals surface area contributed by atoms with Crippen molar-refractivity contribution in [1.29, 1.82) is 0 Å². The van der Waals surface area contributed by atoms with E-state index in [0.717, 1.165) is 32.7 Å². The molecule has 0 N–H and O–H groups in total. The van der Waals surface area contributed by atoms with Crippen LogP contribution >= 0.6 is 0 Å². The first-order valence-electron chi connectivity index (χ1n) is 7.43. The fourth-order valence-electron chi connectivity index (χ4n) is 2.66. The lowest BCUT2D eigenvalue weighted by molar-refractivity contribution is -0.125. The number of rotatable bonds is 4. The summed E-state index contributed by atoms with van der Waals surface area (Å²) in [4.78, 5) is 16.5. The molecule has 0 aromatic heterocycles. The number of aryl methyl sites for hydroxylation is 1. The third-order valence-electron chi connectivity index (χ3n) is 4.31. The first-order valence-corrected chi connectivity index (χ1v) is 7.43. The summed E-state index contributed by atoms with van der Waals surface area (Å²) >= 11 is 0. The normalized spacial score (nSPS) is 17.3. The van der Waals surface area contributed by atoms with E-state index >= 15 is 0 Å². The van der Waals surface area contributed by atoms with Crippen LogP contribution in [0.1, 0.15) is 26.3 Å². The van der Waals surface area contributed by atoms with Gasteiger partial charge in [-0.2, -0.15) is 0 Å². The lowest BCUT2D eigenvalue weighted by atomic mass is 9.88. The minimum Gasteiger partial charge on any atom is -0.369 e. The van der Waals surface area contributed by atoms with E-state index in [4.69, 9.17) is 0 Å². The minimum absolute atomic E-state index is 0.231. The van der Waals surface area contributed by atoms with Gasteiger partial charge in [0.15, 0.2) is 0 Å². The zero-order valence-electron chi connectivity index (χ0n) is 13.1. The highest BCUT2D eigenvalue weighted by Crippen LogP contribution is 2.21. The van der Waals surface area contributed by atoms with Gasteiger partial charge in [-0.1, -0.05) is 26.0 Å². The molecule has 1 aliphatic heterocycles. The van der Waals surface area contributed by atoms with Crippen molar-refractivity contribution in [2.45, 2.75) is 27.7 Å². The van der Waals surface area contributed by atoms with Crippen molar-refractivity contribution >= 4 is 11.5 Å². The van der Waals surface area contributed by atoms with Crippen LogP contribution in [0.15, 0.2) is 24.3 Å². The molecule has 1 aliphatic rings. The lowest BCUT2D eigenvalue weighted by Gasteiger charge is -2.39. The van der Waals surface area contributed by atoms with Crippen molar-refractivity contribution in [3.05, 3.63) is 29.8 Å². The molecule has 1 saturated heterocycles. The molecule has 0 atom stereocenters. The number of hydrogen-bond donors (Lipinski definition) is 0. The van der Waals surface area contributed by atoms with Gasteiger partial charge in [0.1, 0.15) is 5.78 Å². The van der Waals surface area contributed by atoms with Gasteiger partial charge in [-0.25, -0.2) is 0 Å². The molecule has 1 aromatic carbocycles. The molecule has 0 aliphatic carbocycles. The highest BCUT2D eigenvalue weighted by molar-refractivity contribution is 5.81. The van der Waals surface area contributed by atoms with Gasteiger partial charge in [-0.05, 0) is 31.5 Å². The number of nitrogens with zero attached hydrogens (tertiary/aromatic N) is 2. The van der Waals surface area contributed by atoms with Gasteiger partial charge >= 0.3 is 0 Å². The molecule has 110 valence electrons.